The second kappa shape index (κ2) is 8.02. The van der Waals surface area contributed by atoms with Crippen LogP contribution in [0.25, 0.3) is 10.9 Å². The van der Waals surface area contributed by atoms with Gasteiger partial charge in [-0.05, 0) is 53.8 Å². The Labute approximate surface area is 147 Å². The van der Waals surface area contributed by atoms with E-state index in [0.29, 0.717) is 6.54 Å². The molecule has 0 aliphatic carbocycles. The summed E-state index contributed by atoms with van der Waals surface area (Å²) in [6.07, 6.45) is 3.08. The maximum Gasteiger partial charge on any atom is 0.191 e. The van der Waals surface area contributed by atoms with Crippen molar-refractivity contribution < 1.29 is 0 Å². The second-order valence-corrected chi connectivity index (χ2v) is 6.59. The highest BCUT2D eigenvalue weighted by Gasteiger charge is 2.05. The van der Waals surface area contributed by atoms with Gasteiger partial charge in [0, 0.05) is 30.2 Å². The summed E-state index contributed by atoms with van der Waals surface area (Å²) >= 11 is 1.71. The van der Waals surface area contributed by atoms with Crippen LogP contribution in [0.4, 0.5) is 0 Å². The number of nitrogens with one attached hydrogen (secondary N) is 3. The molecule has 0 spiro atoms. The summed E-state index contributed by atoms with van der Waals surface area (Å²) in [7, 11) is 0. The number of H-pyrrole nitrogens is 1. The first-order valence-corrected chi connectivity index (χ1v) is 9.31. The predicted molar refractivity (Wildman–Crippen MR) is 104 cm³/mol. The van der Waals surface area contributed by atoms with E-state index in [-0.39, 0.29) is 0 Å². The van der Waals surface area contributed by atoms with Crippen LogP contribution in [0.5, 0.6) is 0 Å². The van der Waals surface area contributed by atoms with E-state index in [2.05, 4.69) is 75.7 Å². The Hall–Kier alpha value is -2.27. The number of para-hydroxylation sites is 1. The zero-order valence-electron chi connectivity index (χ0n) is 14.2. The van der Waals surface area contributed by atoms with E-state index in [0.717, 1.165) is 25.5 Å². The number of aromatic amines is 1. The van der Waals surface area contributed by atoms with Crippen LogP contribution >= 0.6 is 11.3 Å². The lowest BCUT2D eigenvalue weighted by Gasteiger charge is -2.11. The Morgan fingerprint density at radius 1 is 1.25 bits per heavy atom. The number of rotatable bonds is 6. The lowest BCUT2D eigenvalue weighted by molar-refractivity contribution is 0.802. The quantitative estimate of drug-likeness (QED) is 0.472. The third kappa shape index (κ3) is 3.97. The van der Waals surface area contributed by atoms with Gasteiger partial charge in [-0.2, -0.15) is 11.3 Å². The van der Waals surface area contributed by atoms with Crippen molar-refractivity contribution in [3.8, 4) is 0 Å². The molecule has 2 heterocycles. The van der Waals surface area contributed by atoms with Crippen LogP contribution in [0.3, 0.4) is 0 Å². The predicted octanol–water partition coefficient (Wildman–Crippen LogP) is 3.84. The first kappa shape index (κ1) is 16.6. The molecule has 0 saturated carbocycles. The van der Waals surface area contributed by atoms with Crippen molar-refractivity contribution in [2.75, 3.05) is 13.1 Å². The number of fused-ring (bicyclic) bond motifs is 1. The number of aryl methyl sites for hydroxylation is 1. The van der Waals surface area contributed by atoms with Crippen LogP contribution in [0.1, 0.15) is 23.6 Å². The topological polar surface area (TPSA) is 52.2 Å². The van der Waals surface area contributed by atoms with Gasteiger partial charge in [-0.25, -0.2) is 4.99 Å². The van der Waals surface area contributed by atoms with E-state index in [4.69, 9.17) is 0 Å². The normalized spacial score (nSPS) is 11.8. The number of hydrogen-bond donors (Lipinski definition) is 3. The van der Waals surface area contributed by atoms with Gasteiger partial charge in [0.2, 0.25) is 0 Å². The Kier molecular flexibility index (Phi) is 5.54. The molecule has 0 amide bonds. The minimum Gasteiger partial charge on any atom is -0.361 e. The Bertz CT molecular complexity index is 802. The molecular weight excluding hydrogens is 316 g/mol. The molecule has 5 heteroatoms. The summed E-state index contributed by atoms with van der Waals surface area (Å²) in [6, 6.07) is 8.56. The van der Waals surface area contributed by atoms with Gasteiger partial charge in [0.15, 0.2) is 5.96 Å². The van der Waals surface area contributed by atoms with Gasteiger partial charge in [0.05, 0.1) is 6.54 Å². The number of aliphatic imine (C=N–C) groups is 1. The molecule has 126 valence electrons. The Morgan fingerprint density at radius 3 is 2.96 bits per heavy atom. The van der Waals surface area contributed by atoms with Crippen molar-refractivity contribution in [1.82, 2.24) is 15.6 Å². The van der Waals surface area contributed by atoms with Gasteiger partial charge in [0.1, 0.15) is 0 Å². The molecular formula is C19H24N4S. The van der Waals surface area contributed by atoms with E-state index >= 15 is 0 Å². The molecule has 0 atom stereocenters. The number of thiophene rings is 1. The van der Waals surface area contributed by atoms with Crippen LogP contribution in [0.15, 0.2) is 46.2 Å². The van der Waals surface area contributed by atoms with Crippen molar-refractivity contribution in [3.63, 3.8) is 0 Å². The molecule has 3 N–H and O–H groups in total. The summed E-state index contributed by atoms with van der Waals surface area (Å²) in [5.41, 5.74) is 5.13. The fourth-order valence-corrected chi connectivity index (χ4v) is 3.44. The summed E-state index contributed by atoms with van der Waals surface area (Å²) in [6.45, 7) is 6.66. The van der Waals surface area contributed by atoms with E-state index in [1.54, 1.807) is 11.3 Å². The molecule has 1 aromatic carbocycles. The van der Waals surface area contributed by atoms with Crippen LogP contribution in [-0.4, -0.2) is 24.0 Å². The van der Waals surface area contributed by atoms with Gasteiger partial charge < -0.3 is 15.6 Å². The van der Waals surface area contributed by atoms with Gasteiger partial charge in [-0.3, -0.25) is 0 Å². The number of hydrogen-bond acceptors (Lipinski definition) is 2. The first-order valence-electron chi connectivity index (χ1n) is 8.36. The third-order valence-corrected chi connectivity index (χ3v) is 4.77. The van der Waals surface area contributed by atoms with Gasteiger partial charge in [0.25, 0.3) is 0 Å². The molecule has 0 aliphatic heterocycles. The van der Waals surface area contributed by atoms with E-state index < -0.39 is 0 Å². The van der Waals surface area contributed by atoms with Crippen molar-refractivity contribution >= 4 is 28.2 Å². The minimum atomic E-state index is 0.713. The fraction of sp³-hybridized carbons (Fsp3) is 0.316. The summed E-state index contributed by atoms with van der Waals surface area (Å²) < 4.78 is 0. The Morgan fingerprint density at radius 2 is 2.17 bits per heavy atom. The number of aromatic nitrogens is 1. The number of benzene rings is 1. The van der Waals surface area contributed by atoms with E-state index in [1.165, 1.54) is 27.6 Å². The standard InChI is InChI=1S/C19H24N4S/c1-3-20-19(23-11-15-8-10-24-13-15)21-9-7-16-12-22-18-14(2)5-4-6-17(16)18/h4-6,8,10,12-13,22H,3,7,9,11H2,1-2H3,(H2,20,21,23). The molecule has 3 aromatic rings. The van der Waals surface area contributed by atoms with Crippen molar-refractivity contribution in [3.05, 3.63) is 57.9 Å². The molecule has 2 aromatic heterocycles. The van der Waals surface area contributed by atoms with Crippen LogP contribution < -0.4 is 10.6 Å². The Balaban J connectivity index is 1.60. The maximum atomic E-state index is 4.64. The lowest BCUT2D eigenvalue weighted by atomic mass is 10.1. The molecule has 3 rings (SSSR count). The SMILES string of the molecule is CCNC(=NCc1ccsc1)NCCc1c[nH]c2c(C)cccc12. The molecule has 0 saturated heterocycles. The van der Waals surface area contributed by atoms with Gasteiger partial charge in [-0.15, -0.1) is 0 Å². The van der Waals surface area contributed by atoms with Crippen LogP contribution in [0, 0.1) is 6.92 Å². The van der Waals surface area contributed by atoms with E-state index in [9.17, 15) is 0 Å². The third-order valence-electron chi connectivity index (χ3n) is 4.04. The highest BCUT2D eigenvalue weighted by atomic mass is 32.1. The van der Waals surface area contributed by atoms with Crippen LogP contribution in [-0.2, 0) is 13.0 Å². The molecule has 4 nitrogen and oxygen atoms in total. The average Bonchev–Trinajstić information content (AvgIpc) is 3.23. The minimum absolute atomic E-state index is 0.713. The summed E-state index contributed by atoms with van der Waals surface area (Å²) in [5.74, 6) is 0.875. The van der Waals surface area contributed by atoms with Crippen LogP contribution in [0.2, 0.25) is 0 Å². The zero-order valence-corrected chi connectivity index (χ0v) is 15.0. The fourth-order valence-electron chi connectivity index (χ4n) is 2.78. The average molecular weight is 340 g/mol. The molecule has 24 heavy (non-hydrogen) atoms. The molecule has 0 bridgehead atoms. The van der Waals surface area contributed by atoms with Crippen molar-refractivity contribution in [2.45, 2.75) is 26.8 Å². The van der Waals surface area contributed by atoms with E-state index in [1.807, 2.05) is 0 Å². The molecule has 0 fully saturated rings. The van der Waals surface area contributed by atoms with Gasteiger partial charge in [-0.1, -0.05) is 18.2 Å². The van der Waals surface area contributed by atoms with Crippen molar-refractivity contribution in [1.29, 1.82) is 0 Å². The largest absolute Gasteiger partial charge is 0.361 e. The number of guanidine groups is 1. The van der Waals surface area contributed by atoms with Gasteiger partial charge >= 0.3 is 0 Å². The first-order chi connectivity index (χ1) is 11.8. The monoisotopic (exact) mass is 340 g/mol. The zero-order chi connectivity index (χ0) is 16.8. The lowest BCUT2D eigenvalue weighted by Crippen LogP contribution is -2.38. The summed E-state index contributed by atoms with van der Waals surface area (Å²) in [4.78, 5) is 8.04. The molecule has 0 radical (unpaired) electrons. The maximum absolute atomic E-state index is 4.64. The van der Waals surface area contributed by atoms with Crippen molar-refractivity contribution in [2.24, 2.45) is 4.99 Å². The number of nitrogens with zero attached hydrogens (tertiary/aromatic N) is 1. The second-order valence-electron chi connectivity index (χ2n) is 5.81. The summed E-state index contributed by atoms with van der Waals surface area (Å²) in [5, 5.41) is 12.3. The molecule has 0 unspecified atom stereocenters. The molecule has 0 aliphatic rings. The smallest absolute Gasteiger partial charge is 0.191 e. The highest BCUT2D eigenvalue weighted by Crippen LogP contribution is 2.21. The highest BCUT2D eigenvalue weighted by molar-refractivity contribution is 7.07.